The molecular weight excluding hydrogens is 336 g/mol. The summed E-state index contributed by atoms with van der Waals surface area (Å²) in [5.41, 5.74) is 5.69. The molecule has 0 aromatic heterocycles. The van der Waals surface area contributed by atoms with Gasteiger partial charge in [0.2, 0.25) is 0 Å². The Hall–Kier alpha value is -2.78. The van der Waals surface area contributed by atoms with Crippen LogP contribution in [0.4, 0.5) is 0 Å². The summed E-state index contributed by atoms with van der Waals surface area (Å²) in [5, 5.41) is 11.6. The summed E-state index contributed by atoms with van der Waals surface area (Å²) in [6.07, 6.45) is 1.22. The zero-order valence-electron chi connectivity index (χ0n) is 15.7. The number of aliphatic hydroxyl groups excluding tert-OH is 1. The molecule has 3 nitrogen and oxygen atoms in total. The van der Waals surface area contributed by atoms with E-state index in [0.29, 0.717) is 11.5 Å². The van der Waals surface area contributed by atoms with Crippen molar-refractivity contribution in [2.75, 3.05) is 14.2 Å². The molecule has 0 bridgehead atoms. The SMILES string of the molecule is COc1cccc(C(O)C2c3ccccc3CCc3ccccc32)c1OC. The van der Waals surface area contributed by atoms with Crippen molar-refractivity contribution in [1.29, 1.82) is 0 Å². The summed E-state index contributed by atoms with van der Waals surface area (Å²) in [4.78, 5) is 0. The normalized spacial score (nSPS) is 14.6. The molecule has 0 spiro atoms. The first-order valence-electron chi connectivity index (χ1n) is 9.29. The van der Waals surface area contributed by atoms with Crippen molar-refractivity contribution in [1.82, 2.24) is 0 Å². The minimum Gasteiger partial charge on any atom is -0.493 e. The lowest BCUT2D eigenvalue weighted by Crippen LogP contribution is -2.15. The van der Waals surface area contributed by atoms with Crippen molar-refractivity contribution in [3.63, 3.8) is 0 Å². The second kappa shape index (κ2) is 7.45. The minimum absolute atomic E-state index is 0.152. The number of para-hydroxylation sites is 1. The van der Waals surface area contributed by atoms with Crippen LogP contribution in [-0.2, 0) is 12.8 Å². The van der Waals surface area contributed by atoms with Crippen LogP contribution in [0.15, 0.2) is 66.7 Å². The maximum Gasteiger partial charge on any atom is 0.166 e. The summed E-state index contributed by atoms with van der Waals surface area (Å²) in [6.45, 7) is 0. The molecule has 1 unspecified atom stereocenters. The fourth-order valence-electron chi connectivity index (χ4n) is 4.23. The van der Waals surface area contributed by atoms with Gasteiger partial charge < -0.3 is 14.6 Å². The van der Waals surface area contributed by atoms with E-state index in [2.05, 4.69) is 48.5 Å². The van der Waals surface area contributed by atoms with Crippen molar-refractivity contribution in [2.45, 2.75) is 24.9 Å². The van der Waals surface area contributed by atoms with E-state index >= 15 is 0 Å². The number of methoxy groups -OCH3 is 2. The first-order valence-corrected chi connectivity index (χ1v) is 9.29. The zero-order chi connectivity index (χ0) is 18.8. The molecule has 27 heavy (non-hydrogen) atoms. The van der Waals surface area contributed by atoms with Crippen molar-refractivity contribution in [2.24, 2.45) is 0 Å². The highest BCUT2D eigenvalue weighted by atomic mass is 16.5. The Labute approximate surface area is 160 Å². The van der Waals surface area contributed by atoms with E-state index in [1.54, 1.807) is 14.2 Å². The Bertz CT molecular complexity index is 900. The predicted octanol–water partition coefficient (Wildman–Crippen LogP) is 4.67. The summed E-state index contributed by atoms with van der Waals surface area (Å²) in [7, 11) is 3.23. The third-order valence-corrected chi connectivity index (χ3v) is 5.51. The molecule has 0 saturated heterocycles. The number of rotatable bonds is 4. The van der Waals surface area contributed by atoms with Gasteiger partial charge in [0.1, 0.15) is 0 Å². The molecule has 0 amide bonds. The molecule has 1 aliphatic carbocycles. The Balaban J connectivity index is 1.91. The van der Waals surface area contributed by atoms with Gasteiger partial charge in [-0.25, -0.2) is 0 Å². The van der Waals surface area contributed by atoms with E-state index in [1.807, 2.05) is 18.2 Å². The van der Waals surface area contributed by atoms with Gasteiger partial charge in [-0.15, -0.1) is 0 Å². The van der Waals surface area contributed by atoms with Gasteiger partial charge >= 0.3 is 0 Å². The number of hydrogen-bond acceptors (Lipinski definition) is 3. The van der Waals surface area contributed by atoms with Gasteiger partial charge in [0, 0.05) is 11.5 Å². The Kier molecular flexibility index (Phi) is 4.87. The van der Waals surface area contributed by atoms with E-state index in [1.165, 1.54) is 22.3 Å². The lowest BCUT2D eigenvalue weighted by Gasteiger charge is -2.27. The smallest absolute Gasteiger partial charge is 0.166 e. The van der Waals surface area contributed by atoms with E-state index in [0.717, 1.165) is 18.4 Å². The second-order valence-electron chi connectivity index (χ2n) is 6.90. The van der Waals surface area contributed by atoms with E-state index < -0.39 is 6.10 Å². The molecule has 138 valence electrons. The van der Waals surface area contributed by atoms with Gasteiger partial charge in [-0.3, -0.25) is 0 Å². The van der Waals surface area contributed by atoms with Crippen LogP contribution in [0.3, 0.4) is 0 Å². The Morgan fingerprint density at radius 3 is 1.93 bits per heavy atom. The Morgan fingerprint density at radius 2 is 1.37 bits per heavy atom. The van der Waals surface area contributed by atoms with E-state index in [-0.39, 0.29) is 5.92 Å². The summed E-state index contributed by atoms with van der Waals surface area (Å²) in [5.74, 6) is 1.07. The molecule has 1 atom stereocenters. The third-order valence-electron chi connectivity index (χ3n) is 5.51. The first-order chi connectivity index (χ1) is 13.2. The molecule has 3 aromatic rings. The molecule has 3 aromatic carbocycles. The van der Waals surface area contributed by atoms with Crippen LogP contribution in [-0.4, -0.2) is 19.3 Å². The number of benzene rings is 3. The maximum absolute atomic E-state index is 11.6. The van der Waals surface area contributed by atoms with E-state index in [9.17, 15) is 5.11 Å². The summed E-state index contributed by atoms with van der Waals surface area (Å²) < 4.78 is 11.0. The van der Waals surface area contributed by atoms with Crippen molar-refractivity contribution in [3.8, 4) is 11.5 Å². The van der Waals surface area contributed by atoms with Gasteiger partial charge in [0.15, 0.2) is 11.5 Å². The van der Waals surface area contributed by atoms with Crippen molar-refractivity contribution >= 4 is 0 Å². The van der Waals surface area contributed by atoms with Crippen LogP contribution in [0.25, 0.3) is 0 Å². The minimum atomic E-state index is -0.740. The number of fused-ring (bicyclic) bond motifs is 2. The van der Waals surface area contributed by atoms with Gasteiger partial charge in [-0.05, 0) is 41.2 Å². The first kappa shape index (κ1) is 17.6. The van der Waals surface area contributed by atoms with Gasteiger partial charge in [0.25, 0.3) is 0 Å². The number of hydrogen-bond donors (Lipinski definition) is 1. The number of aryl methyl sites for hydroxylation is 2. The van der Waals surface area contributed by atoms with Gasteiger partial charge in [-0.1, -0.05) is 60.7 Å². The largest absolute Gasteiger partial charge is 0.493 e. The maximum atomic E-state index is 11.6. The fraction of sp³-hybridized carbons (Fsp3) is 0.250. The third kappa shape index (κ3) is 3.08. The molecule has 1 aliphatic rings. The molecule has 0 aliphatic heterocycles. The van der Waals surface area contributed by atoms with Gasteiger partial charge in [-0.2, -0.15) is 0 Å². The van der Waals surface area contributed by atoms with Crippen LogP contribution in [0.2, 0.25) is 0 Å². The highest BCUT2D eigenvalue weighted by Crippen LogP contribution is 2.46. The molecule has 1 N–H and O–H groups in total. The lowest BCUT2D eigenvalue weighted by molar-refractivity contribution is 0.154. The van der Waals surface area contributed by atoms with Crippen LogP contribution >= 0.6 is 0 Å². The van der Waals surface area contributed by atoms with Crippen LogP contribution in [0.5, 0.6) is 11.5 Å². The second-order valence-corrected chi connectivity index (χ2v) is 6.90. The standard InChI is InChI=1S/C24H24O3/c1-26-21-13-7-12-20(24(21)27-2)23(25)22-18-10-5-3-8-16(18)14-15-17-9-4-6-11-19(17)22/h3-13,22-23,25H,14-15H2,1-2H3. The van der Waals surface area contributed by atoms with Crippen LogP contribution < -0.4 is 9.47 Å². The molecule has 4 rings (SSSR count). The molecule has 3 heteroatoms. The van der Waals surface area contributed by atoms with Crippen molar-refractivity contribution in [3.05, 3.63) is 94.5 Å². The van der Waals surface area contributed by atoms with Crippen molar-refractivity contribution < 1.29 is 14.6 Å². The topological polar surface area (TPSA) is 38.7 Å². The van der Waals surface area contributed by atoms with Crippen LogP contribution in [0, 0.1) is 0 Å². The number of ether oxygens (including phenoxy) is 2. The summed E-state index contributed by atoms with van der Waals surface area (Å²) in [6, 6.07) is 22.5. The average Bonchev–Trinajstić information content (AvgIpc) is 2.89. The molecule has 0 saturated carbocycles. The number of aliphatic hydroxyl groups is 1. The van der Waals surface area contributed by atoms with Gasteiger partial charge in [0.05, 0.1) is 20.3 Å². The molecule has 0 fully saturated rings. The average molecular weight is 360 g/mol. The summed E-state index contributed by atoms with van der Waals surface area (Å²) >= 11 is 0. The van der Waals surface area contributed by atoms with E-state index in [4.69, 9.17) is 9.47 Å². The lowest BCUT2D eigenvalue weighted by atomic mass is 9.81. The van der Waals surface area contributed by atoms with Crippen LogP contribution in [0.1, 0.15) is 39.8 Å². The quantitative estimate of drug-likeness (QED) is 0.735. The monoisotopic (exact) mass is 360 g/mol. The highest BCUT2D eigenvalue weighted by molar-refractivity contribution is 5.52. The molecule has 0 radical (unpaired) electrons. The highest BCUT2D eigenvalue weighted by Gasteiger charge is 2.32. The Morgan fingerprint density at radius 1 is 0.778 bits per heavy atom. The molecular formula is C24H24O3. The fourth-order valence-corrected chi connectivity index (χ4v) is 4.23. The predicted molar refractivity (Wildman–Crippen MR) is 107 cm³/mol. The zero-order valence-corrected chi connectivity index (χ0v) is 15.7. The molecule has 0 heterocycles.